The summed E-state index contributed by atoms with van der Waals surface area (Å²) in [4.78, 5) is 20.0. The summed E-state index contributed by atoms with van der Waals surface area (Å²) in [6.07, 6.45) is 1.49. The van der Waals surface area contributed by atoms with E-state index >= 15 is 0 Å². The van der Waals surface area contributed by atoms with Crippen molar-refractivity contribution in [3.63, 3.8) is 0 Å². The minimum atomic E-state index is -3.39. The van der Waals surface area contributed by atoms with E-state index in [9.17, 15) is 13.2 Å². The molecule has 0 bridgehead atoms. The number of carbonyl (C=O) groups is 1. The van der Waals surface area contributed by atoms with Crippen LogP contribution in [0.3, 0.4) is 0 Å². The lowest BCUT2D eigenvalue weighted by atomic mass is 9.75. The van der Waals surface area contributed by atoms with Crippen LogP contribution in [-0.2, 0) is 21.1 Å². The van der Waals surface area contributed by atoms with Crippen molar-refractivity contribution in [2.24, 2.45) is 5.16 Å². The highest BCUT2D eigenvalue weighted by molar-refractivity contribution is 7.90. The first-order chi connectivity index (χ1) is 17.2. The second-order valence-electron chi connectivity index (χ2n) is 8.81. The molecule has 8 nitrogen and oxygen atoms in total. The lowest BCUT2D eigenvalue weighted by Crippen LogP contribution is -2.43. The molecule has 0 saturated heterocycles. The molecule has 2 aliphatic rings. The fourth-order valence-corrected chi connectivity index (χ4v) is 5.66. The number of fused-ring (bicyclic) bond motifs is 1. The number of nitrogens with zero attached hydrogens (tertiary/aromatic N) is 1. The molecule has 5 rings (SSSR count). The smallest absolute Gasteiger partial charge is 0.216 e. The monoisotopic (exact) mass is 507 g/mol. The van der Waals surface area contributed by atoms with Crippen LogP contribution in [0, 0.1) is 0 Å². The van der Waals surface area contributed by atoms with Crippen molar-refractivity contribution in [1.29, 1.82) is 0 Å². The normalized spacial score (nSPS) is 20.6. The Morgan fingerprint density at radius 3 is 2.14 bits per heavy atom. The van der Waals surface area contributed by atoms with E-state index in [0.29, 0.717) is 46.1 Å². The molecule has 1 aliphatic carbocycles. The van der Waals surface area contributed by atoms with E-state index in [2.05, 4.69) is 5.16 Å². The number of sulfone groups is 1. The summed E-state index contributed by atoms with van der Waals surface area (Å²) in [6, 6.07) is 17.4. The summed E-state index contributed by atoms with van der Waals surface area (Å²) in [7, 11) is 1.17. The predicted molar refractivity (Wildman–Crippen MR) is 133 cm³/mol. The van der Waals surface area contributed by atoms with Gasteiger partial charge in [0.05, 0.1) is 37.9 Å². The second kappa shape index (κ2) is 8.67. The predicted octanol–water partition coefficient (Wildman–Crippen LogP) is 3.81. The zero-order chi connectivity index (χ0) is 25.7. The van der Waals surface area contributed by atoms with E-state index in [-0.39, 0.29) is 10.7 Å². The molecule has 1 aliphatic heterocycles. The van der Waals surface area contributed by atoms with Crippen molar-refractivity contribution >= 4 is 21.3 Å². The third-order valence-electron chi connectivity index (χ3n) is 6.75. The summed E-state index contributed by atoms with van der Waals surface area (Å²) in [5.74, 6) is 0.511. The SMILES string of the molecule is COc1cc(C2=NOC3(Cc4ccccc4C3=O)C2c2ccc(S(C)(=O)=O)cc2)cc(OC)c1OC. The fraction of sp³-hybridized carbons (Fsp3) is 0.259. The van der Waals surface area contributed by atoms with Crippen LogP contribution in [-0.4, -0.2) is 53.1 Å². The average Bonchev–Trinajstić information content (AvgIpc) is 3.40. The molecule has 0 fully saturated rings. The van der Waals surface area contributed by atoms with Gasteiger partial charge in [-0.1, -0.05) is 41.6 Å². The molecule has 0 amide bonds. The molecule has 186 valence electrons. The topological polar surface area (TPSA) is 100 Å². The number of hydrogen-bond donors (Lipinski definition) is 0. The van der Waals surface area contributed by atoms with Gasteiger partial charge in [0.25, 0.3) is 0 Å². The van der Waals surface area contributed by atoms with Gasteiger partial charge in [0.1, 0.15) is 0 Å². The number of hydrogen-bond acceptors (Lipinski definition) is 8. The van der Waals surface area contributed by atoms with Crippen LogP contribution in [0.5, 0.6) is 17.2 Å². The third kappa shape index (κ3) is 3.62. The standard InChI is InChI=1S/C27H25NO7S/c1-32-21-13-18(14-22(33-2)25(21)34-3)24-23(16-9-11-19(12-10-16)36(4,30)31)27(35-28-24)15-17-7-5-6-8-20(17)26(27)29/h5-14,23H,15H2,1-4H3. The van der Waals surface area contributed by atoms with Gasteiger partial charge in [-0.25, -0.2) is 8.42 Å². The van der Waals surface area contributed by atoms with Gasteiger partial charge in [-0.3, -0.25) is 4.79 Å². The number of ketones is 1. The first-order valence-electron chi connectivity index (χ1n) is 11.2. The van der Waals surface area contributed by atoms with E-state index < -0.39 is 21.4 Å². The van der Waals surface area contributed by atoms with Crippen molar-refractivity contribution in [1.82, 2.24) is 0 Å². The maximum Gasteiger partial charge on any atom is 0.216 e. The Morgan fingerprint density at radius 2 is 1.58 bits per heavy atom. The van der Waals surface area contributed by atoms with Crippen LogP contribution in [0.15, 0.2) is 70.7 Å². The fourth-order valence-electron chi connectivity index (χ4n) is 5.03. The maximum absolute atomic E-state index is 13.8. The van der Waals surface area contributed by atoms with Gasteiger partial charge in [-0.05, 0) is 35.4 Å². The minimum Gasteiger partial charge on any atom is -0.493 e. The van der Waals surface area contributed by atoms with Gasteiger partial charge in [-0.15, -0.1) is 0 Å². The van der Waals surface area contributed by atoms with Gasteiger partial charge in [-0.2, -0.15) is 0 Å². The molecular weight excluding hydrogens is 482 g/mol. The van der Waals surface area contributed by atoms with Crippen LogP contribution < -0.4 is 14.2 Å². The Morgan fingerprint density at radius 1 is 0.944 bits per heavy atom. The van der Waals surface area contributed by atoms with E-state index in [1.54, 1.807) is 30.3 Å². The Balaban J connectivity index is 1.68. The average molecular weight is 508 g/mol. The summed E-state index contributed by atoms with van der Waals surface area (Å²) < 4.78 is 40.6. The first-order valence-corrected chi connectivity index (χ1v) is 13.1. The highest BCUT2D eigenvalue weighted by atomic mass is 32.2. The molecule has 0 aromatic heterocycles. The van der Waals surface area contributed by atoms with E-state index in [1.807, 2.05) is 18.2 Å². The summed E-state index contributed by atoms with van der Waals surface area (Å²) in [5, 5.41) is 4.44. The molecule has 3 aromatic rings. The highest BCUT2D eigenvalue weighted by Crippen LogP contribution is 2.50. The number of Topliss-reactive ketones (excluding diaryl/α,β-unsaturated/α-hetero) is 1. The Labute approximate surface area is 209 Å². The maximum atomic E-state index is 13.8. The molecule has 0 saturated carbocycles. The van der Waals surface area contributed by atoms with Crippen molar-refractivity contribution in [3.05, 3.63) is 82.9 Å². The van der Waals surface area contributed by atoms with Gasteiger partial charge < -0.3 is 19.0 Å². The summed E-state index contributed by atoms with van der Waals surface area (Å²) in [6.45, 7) is 0. The van der Waals surface area contributed by atoms with Crippen LogP contribution >= 0.6 is 0 Å². The Hall–Kier alpha value is -3.85. The highest BCUT2D eigenvalue weighted by Gasteiger charge is 2.59. The molecule has 9 heteroatoms. The molecule has 2 atom stereocenters. The summed E-state index contributed by atoms with van der Waals surface area (Å²) >= 11 is 0. The van der Waals surface area contributed by atoms with E-state index in [0.717, 1.165) is 11.8 Å². The molecular formula is C27H25NO7S. The number of benzene rings is 3. The first kappa shape index (κ1) is 23.9. The molecule has 0 N–H and O–H groups in total. The van der Waals surface area contributed by atoms with Crippen LogP contribution in [0.4, 0.5) is 0 Å². The second-order valence-corrected chi connectivity index (χ2v) is 10.8. The van der Waals surface area contributed by atoms with Crippen molar-refractivity contribution in [2.45, 2.75) is 22.8 Å². The van der Waals surface area contributed by atoms with Crippen LogP contribution in [0.2, 0.25) is 0 Å². The van der Waals surface area contributed by atoms with Gasteiger partial charge in [0.2, 0.25) is 17.1 Å². The van der Waals surface area contributed by atoms with Crippen LogP contribution in [0.1, 0.15) is 33.0 Å². The number of carbonyl (C=O) groups excluding carboxylic acids is 1. The number of methoxy groups -OCH3 is 3. The largest absolute Gasteiger partial charge is 0.493 e. The number of oxime groups is 1. The third-order valence-corrected chi connectivity index (χ3v) is 7.88. The summed E-state index contributed by atoms with van der Waals surface area (Å²) in [5.41, 5.74) is 2.00. The van der Waals surface area contributed by atoms with E-state index in [4.69, 9.17) is 19.0 Å². The number of rotatable bonds is 6. The molecule has 2 unspecified atom stereocenters. The quantitative estimate of drug-likeness (QED) is 0.500. The Bertz CT molecular complexity index is 1470. The van der Waals surface area contributed by atoms with Crippen LogP contribution in [0.25, 0.3) is 0 Å². The van der Waals surface area contributed by atoms with Gasteiger partial charge in [0.15, 0.2) is 21.3 Å². The molecule has 1 spiro atoms. The van der Waals surface area contributed by atoms with E-state index in [1.165, 1.54) is 33.5 Å². The van der Waals surface area contributed by atoms with Gasteiger partial charge >= 0.3 is 0 Å². The van der Waals surface area contributed by atoms with Crippen molar-refractivity contribution in [3.8, 4) is 17.2 Å². The molecule has 36 heavy (non-hydrogen) atoms. The zero-order valence-electron chi connectivity index (χ0n) is 20.3. The lowest BCUT2D eigenvalue weighted by molar-refractivity contribution is -0.00692. The van der Waals surface area contributed by atoms with Crippen molar-refractivity contribution < 1.29 is 32.3 Å². The number of ether oxygens (including phenoxy) is 3. The molecule has 3 aromatic carbocycles. The zero-order valence-corrected chi connectivity index (χ0v) is 21.1. The lowest BCUT2D eigenvalue weighted by Gasteiger charge is -2.28. The Kier molecular flexibility index (Phi) is 5.75. The molecule has 1 heterocycles. The molecule has 0 radical (unpaired) electrons. The van der Waals surface area contributed by atoms with Gasteiger partial charge in [0, 0.05) is 23.8 Å². The minimum absolute atomic E-state index is 0.165. The van der Waals surface area contributed by atoms with Crippen molar-refractivity contribution in [2.75, 3.05) is 27.6 Å².